The van der Waals surface area contributed by atoms with E-state index in [1.54, 1.807) is 0 Å². The second kappa shape index (κ2) is 13.9. The van der Waals surface area contributed by atoms with Crippen molar-refractivity contribution in [1.29, 1.82) is 0 Å². The van der Waals surface area contributed by atoms with Crippen LogP contribution in [0, 0.1) is 11.6 Å². The molecule has 1 unspecified atom stereocenters. The highest BCUT2D eigenvalue weighted by Crippen LogP contribution is 2.36. The van der Waals surface area contributed by atoms with Crippen molar-refractivity contribution in [1.82, 2.24) is 4.98 Å². The van der Waals surface area contributed by atoms with Crippen molar-refractivity contribution in [2.45, 2.75) is 39.0 Å². The van der Waals surface area contributed by atoms with E-state index in [-0.39, 0.29) is 21.8 Å². The average Bonchev–Trinajstić information content (AvgIpc) is 3.28. The molecule has 0 saturated carbocycles. The second-order valence-corrected chi connectivity index (χ2v) is 8.25. The number of carboxylic acids is 1. The number of esters is 1. The number of rotatable bonds is 10. The summed E-state index contributed by atoms with van der Waals surface area (Å²) >= 11 is 3.08. The predicted molar refractivity (Wildman–Crippen MR) is 132 cm³/mol. The molecule has 0 aliphatic rings. The van der Waals surface area contributed by atoms with E-state index in [2.05, 4.69) is 20.9 Å². The van der Waals surface area contributed by atoms with Crippen LogP contribution in [0.25, 0.3) is 11.3 Å². The minimum Gasteiger partial charge on any atom is -0.481 e. The first-order valence-electron chi connectivity index (χ1n) is 11.4. The Balaban J connectivity index is 0.00000274. The average molecular weight is 637 g/mol. The van der Waals surface area contributed by atoms with Crippen LogP contribution in [0.15, 0.2) is 45.5 Å². The number of carboxylic acid groups (broad SMARTS) is 1. The maximum Gasteiger partial charge on any atom is 0.416 e. The number of aliphatic carboxylic acids is 1. The highest BCUT2D eigenvalue weighted by atomic mass is 79.9. The molecule has 3 rings (SSSR count). The van der Waals surface area contributed by atoms with Gasteiger partial charge in [0.2, 0.25) is 12.0 Å². The fourth-order valence-corrected chi connectivity index (χ4v) is 3.54. The molecule has 3 N–H and O–H groups in total. The molecule has 1 aromatic heterocycles. The van der Waals surface area contributed by atoms with E-state index in [0.29, 0.717) is 6.07 Å². The summed E-state index contributed by atoms with van der Waals surface area (Å²) in [6.07, 6.45) is -7.16. The van der Waals surface area contributed by atoms with E-state index in [1.165, 1.54) is 0 Å². The molecule has 0 bridgehead atoms. The number of aromatic nitrogens is 1. The number of nitrogens with two attached hydrogens (primary N) is 1. The van der Waals surface area contributed by atoms with E-state index in [1.807, 2.05) is 13.8 Å². The molecule has 216 valence electrons. The van der Waals surface area contributed by atoms with Gasteiger partial charge < -0.3 is 24.7 Å². The molecule has 2 aromatic carbocycles. The van der Waals surface area contributed by atoms with Crippen LogP contribution < -0.4 is 10.5 Å². The fourth-order valence-electron chi connectivity index (χ4n) is 3.06. The molecule has 1 amide bonds. The van der Waals surface area contributed by atoms with Crippen LogP contribution in [0.1, 0.15) is 54.6 Å². The van der Waals surface area contributed by atoms with Crippen LogP contribution in [0.3, 0.4) is 0 Å². The molecule has 1 heterocycles. The monoisotopic (exact) mass is 636 g/mol. The number of carbonyl (C=O) groups is 3. The Morgan fingerprint density at radius 3 is 2.25 bits per heavy atom. The summed E-state index contributed by atoms with van der Waals surface area (Å²) in [7, 11) is 0. The van der Waals surface area contributed by atoms with E-state index < -0.39 is 78.1 Å². The number of hydrogen-bond acceptors (Lipinski definition) is 7. The van der Waals surface area contributed by atoms with Gasteiger partial charge in [0.15, 0.2) is 16.2 Å². The maximum atomic E-state index is 14.8. The van der Waals surface area contributed by atoms with E-state index in [4.69, 9.17) is 24.7 Å². The van der Waals surface area contributed by atoms with Gasteiger partial charge in [-0.3, -0.25) is 14.4 Å². The molecule has 0 fully saturated rings. The first kappa shape index (κ1) is 32.2. The van der Waals surface area contributed by atoms with E-state index in [0.717, 1.165) is 30.3 Å². The molecule has 40 heavy (non-hydrogen) atoms. The minimum absolute atomic E-state index is 0.0110. The third kappa shape index (κ3) is 8.24. The van der Waals surface area contributed by atoms with Crippen LogP contribution in [-0.2, 0) is 20.5 Å². The SMILES string of the molecule is CC.NC(=O)c1c(F)ccc(OC(COC(=O)CCC(=O)O)c2nc(-c3ccc(C(F)(F)F)cc3)c(Br)o2)c1F. The van der Waals surface area contributed by atoms with Crippen molar-refractivity contribution in [3.63, 3.8) is 0 Å². The normalized spacial score (nSPS) is 11.7. The number of hydrogen-bond donors (Lipinski definition) is 2. The van der Waals surface area contributed by atoms with Crippen molar-refractivity contribution >= 4 is 33.8 Å². The van der Waals surface area contributed by atoms with Gasteiger partial charge in [0, 0.05) is 5.56 Å². The largest absolute Gasteiger partial charge is 0.481 e. The molecular weight excluding hydrogens is 615 g/mol. The van der Waals surface area contributed by atoms with Crippen molar-refractivity contribution in [3.05, 3.63) is 69.7 Å². The van der Waals surface area contributed by atoms with Crippen molar-refractivity contribution in [3.8, 4) is 17.0 Å². The Morgan fingerprint density at radius 2 is 1.70 bits per heavy atom. The molecule has 0 aliphatic heterocycles. The standard InChI is InChI=1S/C23H16BrF5N2O7.C2H6/c24-20-19(10-1-3-11(4-2-10)23(27,28)29)31-22(38-20)14(9-36-16(34)8-7-15(32)33)37-13-6-5-12(25)17(18(13)26)21(30)35;1-2/h1-6,14H,7-9H2,(H2,30,35)(H,32,33);1-2H3. The Kier molecular flexibility index (Phi) is 11.2. The van der Waals surface area contributed by atoms with Crippen LogP contribution >= 0.6 is 15.9 Å². The summed E-state index contributed by atoms with van der Waals surface area (Å²) in [5, 5.41) is 8.70. The summed E-state index contributed by atoms with van der Waals surface area (Å²) in [4.78, 5) is 38.2. The molecule has 0 saturated heterocycles. The molecule has 0 spiro atoms. The highest BCUT2D eigenvalue weighted by molar-refractivity contribution is 9.10. The molecule has 15 heteroatoms. The lowest BCUT2D eigenvalue weighted by Gasteiger charge is -2.17. The zero-order valence-corrected chi connectivity index (χ0v) is 22.4. The molecule has 0 radical (unpaired) electrons. The lowest BCUT2D eigenvalue weighted by atomic mass is 10.1. The van der Waals surface area contributed by atoms with Gasteiger partial charge in [0.1, 0.15) is 23.7 Å². The van der Waals surface area contributed by atoms with Gasteiger partial charge in [-0.2, -0.15) is 13.2 Å². The number of ether oxygens (including phenoxy) is 2. The van der Waals surface area contributed by atoms with Crippen LogP contribution in [0.4, 0.5) is 22.0 Å². The summed E-state index contributed by atoms with van der Waals surface area (Å²) in [6.45, 7) is 3.29. The third-order valence-corrected chi connectivity index (χ3v) is 5.41. The summed E-state index contributed by atoms with van der Waals surface area (Å²) in [6, 6.07) is 5.39. The number of carbonyl (C=O) groups excluding carboxylic acids is 2. The highest BCUT2D eigenvalue weighted by Gasteiger charge is 2.31. The summed E-state index contributed by atoms with van der Waals surface area (Å²) in [5.74, 6) is -7.44. The second-order valence-electron chi connectivity index (χ2n) is 7.53. The summed E-state index contributed by atoms with van der Waals surface area (Å²) < 4.78 is 83.1. The maximum absolute atomic E-state index is 14.8. The lowest BCUT2D eigenvalue weighted by molar-refractivity contribution is -0.149. The third-order valence-electron chi connectivity index (χ3n) is 4.87. The zero-order chi connectivity index (χ0) is 30.2. The van der Waals surface area contributed by atoms with Gasteiger partial charge >= 0.3 is 18.1 Å². The van der Waals surface area contributed by atoms with Crippen LogP contribution in [0.5, 0.6) is 5.75 Å². The first-order chi connectivity index (χ1) is 18.8. The molecular formula is C25H22BrF5N2O7. The zero-order valence-electron chi connectivity index (χ0n) is 20.9. The van der Waals surface area contributed by atoms with E-state index in [9.17, 15) is 36.3 Å². The molecule has 3 aromatic rings. The number of alkyl halides is 3. The predicted octanol–water partition coefficient (Wildman–Crippen LogP) is 6.05. The molecule has 1 atom stereocenters. The van der Waals surface area contributed by atoms with Gasteiger partial charge in [0.25, 0.3) is 5.91 Å². The molecule has 9 nitrogen and oxygen atoms in total. The van der Waals surface area contributed by atoms with Crippen molar-refractivity contribution in [2.75, 3.05) is 6.61 Å². The van der Waals surface area contributed by atoms with Crippen LogP contribution in [0.2, 0.25) is 0 Å². The van der Waals surface area contributed by atoms with Gasteiger partial charge in [-0.25, -0.2) is 13.8 Å². The number of oxazole rings is 1. The summed E-state index contributed by atoms with van der Waals surface area (Å²) in [5.41, 5.74) is 3.19. The topological polar surface area (TPSA) is 142 Å². The minimum atomic E-state index is -4.57. The Labute approximate surface area is 232 Å². The quantitative estimate of drug-likeness (QED) is 0.202. The fraction of sp³-hybridized carbons (Fsp3) is 0.280. The Bertz CT molecular complexity index is 1360. The number of primary amides is 1. The lowest BCUT2D eigenvalue weighted by Crippen LogP contribution is -2.21. The first-order valence-corrected chi connectivity index (χ1v) is 12.2. The van der Waals surface area contributed by atoms with Gasteiger partial charge in [-0.05, 0) is 40.2 Å². The Morgan fingerprint density at radius 1 is 1.07 bits per heavy atom. The van der Waals surface area contributed by atoms with Crippen molar-refractivity contribution in [2.24, 2.45) is 5.73 Å². The number of halogens is 6. The van der Waals surface area contributed by atoms with Gasteiger partial charge in [-0.15, -0.1) is 0 Å². The van der Waals surface area contributed by atoms with Gasteiger partial charge in [0.05, 0.1) is 18.4 Å². The van der Waals surface area contributed by atoms with Gasteiger partial charge in [-0.1, -0.05) is 26.0 Å². The number of amides is 1. The molecule has 0 aliphatic carbocycles. The van der Waals surface area contributed by atoms with E-state index >= 15 is 0 Å². The van der Waals surface area contributed by atoms with Crippen LogP contribution in [-0.4, -0.2) is 34.5 Å². The van der Waals surface area contributed by atoms with Crippen molar-refractivity contribution < 1.29 is 55.3 Å². The number of nitrogens with zero attached hydrogens (tertiary/aromatic N) is 1. The smallest absolute Gasteiger partial charge is 0.416 e. The Hall–Kier alpha value is -4.01. The number of benzene rings is 2.